The number of methoxy groups -OCH3 is 2. The van der Waals surface area contributed by atoms with Gasteiger partial charge in [0, 0.05) is 17.7 Å². The van der Waals surface area contributed by atoms with Gasteiger partial charge in [-0.25, -0.2) is 4.39 Å². The SMILES string of the molecule is COc1ccc(/C=C/C(=O)Nc2ccc(F)cc2Cl)c(OC)c1. The van der Waals surface area contributed by atoms with Crippen molar-refractivity contribution in [2.45, 2.75) is 0 Å². The molecule has 23 heavy (non-hydrogen) atoms. The molecule has 1 N–H and O–H groups in total. The lowest BCUT2D eigenvalue weighted by Crippen LogP contribution is -2.08. The van der Waals surface area contributed by atoms with Crippen molar-refractivity contribution in [3.8, 4) is 11.5 Å². The third-order valence-electron chi connectivity index (χ3n) is 3.04. The first-order valence-electron chi connectivity index (χ1n) is 6.69. The molecule has 6 heteroatoms. The normalized spacial score (nSPS) is 10.6. The lowest BCUT2D eigenvalue weighted by Gasteiger charge is -2.07. The highest BCUT2D eigenvalue weighted by Crippen LogP contribution is 2.26. The van der Waals surface area contributed by atoms with Crippen LogP contribution in [0.3, 0.4) is 0 Å². The van der Waals surface area contributed by atoms with Gasteiger partial charge in [0.1, 0.15) is 17.3 Å². The fourth-order valence-electron chi connectivity index (χ4n) is 1.89. The van der Waals surface area contributed by atoms with Crippen molar-refractivity contribution in [2.24, 2.45) is 0 Å². The number of amides is 1. The topological polar surface area (TPSA) is 47.6 Å². The Bertz CT molecular complexity index is 747. The summed E-state index contributed by atoms with van der Waals surface area (Å²) in [5, 5.41) is 2.71. The molecule has 2 aromatic rings. The molecule has 0 unspecified atom stereocenters. The summed E-state index contributed by atoms with van der Waals surface area (Å²) >= 11 is 5.86. The van der Waals surface area contributed by atoms with E-state index in [-0.39, 0.29) is 5.02 Å². The highest BCUT2D eigenvalue weighted by atomic mass is 35.5. The van der Waals surface area contributed by atoms with Crippen LogP contribution >= 0.6 is 11.6 Å². The van der Waals surface area contributed by atoms with Crippen molar-refractivity contribution in [3.63, 3.8) is 0 Å². The van der Waals surface area contributed by atoms with Gasteiger partial charge in [0.05, 0.1) is 24.9 Å². The lowest BCUT2D eigenvalue weighted by atomic mass is 10.1. The Morgan fingerprint density at radius 1 is 1.17 bits per heavy atom. The van der Waals surface area contributed by atoms with Crippen LogP contribution in [0, 0.1) is 5.82 Å². The minimum Gasteiger partial charge on any atom is -0.497 e. The smallest absolute Gasteiger partial charge is 0.248 e. The molecule has 4 nitrogen and oxygen atoms in total. The Morgan fingerprint density at radius 2 is 1.96 bits per heavy atom. The monoisotopic (exact) mass is 335 g/mol. The van der Waals surface area contributed by atoms with Crippen molar-refractivity contribution in [1.29, 1.82) is 0 Å². The van der Waals surface area contributed by atoms with E-state index in [1.165, 1.54) is 25.3 Å². The van der Waals surface area contributed by atoms with E-state index in [1.54, 1.807) is 31.4 Å². The van der Waals surface area contributed by atoms with Crippen LogP contribution in [0.15, 0.2) is 42.5 Å². The average Bonchev–Trinajstić information content (AvgIpc) is 2.55. The predicted octanol–water partition coefficient (Wildman–Crippen LogP) is 4.15. The van der Waals surface area contributed by atoms with Crippen molar-refractivity contribution in [3.05, 3.63) is 58.9 Å². The van der Waals surface area contributed by atoms with Gasteiger partial charge in [-0.1, -0.05) is 11.6 Å². The summed E-state index contributed by atoms with van der Waals surface area (Å²) in [6.45, 7) is 0. The molecular formula is C17H15ClFNO3. The fourth-order valence-corrected chi connectivity index (χ4v) is 2.10. The minimum absolute atomic E-state index is 0.133. The number of benzene rings is 2. The molecule has 2 rings (SSSR count). The summed E-state index contributed by atoms with van der Waals surface area (Å²) in [6.07, 6.45) is 2.94. The van der Waals surface area contributed by atoms with Crippen molar-refractivity contribution < 1.29 is 18.7 Å². The molecule has 0 aliphatic rings. The molecule has 0 saturated heterocycles. The van der Waals surface area contributed by atoms with Crippen LogP contribution < -0.4 is 14.8 Å². The van der Waals surface area contributed by atoms with E-state index in [0.717, 1.165) is 6.07 Å². The molecule has 0 aliphatic heterocycles. The number of ether oxygens (including phenoxy) is 2. The van der Waals surface area contributed by atoms with Gasteiger partial charge in [-0.15, -0.1) is 0 Å². The number of rotatable bonds is 5. The minimum atomic E-state index is -0.466. The summed E-state index contributed by atoms with van der Waals surface area (Å²) in [6, 6.07) is 9.00. The first-order valence-corrected chi connectivity index (χ1v) is 7.07. The Morgan fingerprint density at radius 3 is 2.61 bits per heavy atom. The molecule has 0 spiro atoms. The van der Waals surface area contributed by atoms with E-state index >= 15 is 0 Å². The van der Waals surface area contributed by atoms with Gasteiger partial charge in [0.2, 0.25) is 5.91 Å². The Balaban J connectivity index is 2.12. The van der Waals surface area contributed by atoms with E-state index in [4.69, 9.17) is 21.1 Å². The highest BCUT2D eigenvalue weighted by Gasteiger charge is 2.06. The number of nitrogens with one attached hydrogen (secondary N) is 1. The van der Waals surface area contributed by atoms with Crippen LogP contribution in [-0.2, 0) is 4.79 Å². The molecular weight excluding hydrogens is 321 g/mol. The maximum Gasteiger partial charge on any atom is 0.248 e. The standard InChI is InChI=1S/C17H15ClFNO3/c1-22-13-6-3-11(16(10-13)23-2)4-8-17(21)20-15-7-5-12(19)9-14(15)18/h3-10H,1-2H3,(H,20,21)/b8-4+. The Kier molecular flexibility index (Phi) is 5.60. The second kappa shape index (κ2) is 7.65. The summed E-state index contributed by atoms with van der Waals surface area (Å²) in [7, 11) is 3.09. The van der Waals surface area contributed by atoms with Crippen molar-refractivity contribution in [2.75, 3.05) is 19.5 Å². The van der Waals surface area contributed by atoms with E-state index < -0.39 is 11.7 Å². The third-order valence-corrected chi connectivity index (χ3v) is 3.36. The van der Waals surface area contributed by atoms with Gasteiger partial charge in [-0.3, -0.25) is 4.79 Å². The number of anilines is 1. The van der Waals surface area contributed by atoms with Gasteiger partial charge < -0.3 is 14.8 Å². The zero-order valence-electron chi connectivity index (χ0n) is 12.6. The molecule has 2 aromatic carbocycles. The van der Waals surface area contributed by atoms with Gasteiger partial charge in [0.15, 0.2) is 0 Å². The first-order chi connectivity index (χ1) is 11.0. The second-order valence-electron chi connectivity index (χ2n) is 4.55. The van der Waals surface area contributed by atoms with Gasteiger partial charge >= 0.3 is 0 Å². The molecule has 0 bridgehead atoms. The number of hydrogen-bond donors (Lipinski definition) is 1. The van der Waals surface area contributed by atoms with Gasteiger partial charge in [-0.05, 0) is 36.4 Å². The molecule has 0 atom stereocenters. The number of carbonyl (C=O) groups excluding carboxylic acids is 1. The Hall–Kier alpha value is -2.53. The molecule has 0 fully saturated rings. The zero-order valence-corrected chi connectivity index (χ0v) is 13.4. The molecule has 120 valence electrons. The van der Waals surface area contributed by atoms with Crippen LogP contribution in [0.4, 0.5) is 10.1 Å². The van der Waals surface area contributed by atoms with Crippen LogP contribution in [-0.4, -0.2) is 20.1 Å². The van der Waals surface area contributed by atoms with E-state index in [9.17, 15) is 9.18 Å². The molecule has 0 radical (unpaired) electrons. The quantitative estimate of drug-likeness (QED) is 0.835. The second-order valence-corrected chi connectivity index (χ2v) is 4.96. The summed E-state index contributed by atoms with van der Waals surface area (Å²) in [5.41, 5.74) is 1.05. The average molecular weight is 336 g/mol. The predicted molar refractivity (Wildman–Crippen MR) is 88.6 cm³/mol. The summed E-state index contributed by atoms with van der Waals surface area (Å²) in [5.74, 6) is 0.373. The van der Waals surface area contributed by atoms with Gasteiger partial charge in [0.25, 0.3) is 0 Å². The molecule has 0 aliphatic carbocycles. The number of hydrogen-bond acceptors (Lipinski definition) is 3. The van der Waals surface area contributed by atoms with Crippen LogP contribution in [0.1, 0.15) is 5.56 Å². The summed E-state index contributed by atoms with van der Waals surface area (Å²) in [4.78, 5) is 11.9. The highest BCUT2D eigenvalue weighted by molar-refractivity contribution is 6.33. The van der Waals surface area contributed by atoms with E-state index in [1.807, 2.05) is 0 Å². The van der Waals surface area contributed by atoms with Crippen LogP contribution in [0.2, 0.25) is 5.02 Å². The van der Waals surface area contributed by atoms with E-state index in [0.29, 0.717) is 22.7 Å². The van der Waals surface area contributed by atoms with Gasteiger partial charge in [-0.2, -0.15) is 0 Å². The summed E-state index contributed by atoms with van der Waals surface area (Å²) < 4.78 is 23.3. The van der Waals surface area contributed by atoms with Crippen molar-refractivity contribution >= 4 is 29.3 Å². The van der Waals surface area contributed by atoms with Crippen molar-refractivity contribution in [1.82, 2.24) is 0 Å². The zero-order chi connectivity index (χ0) is 16.8. The van der Waals surface area contributed by atoms with Crippen LogP contribution in [0.25, 0.3) is 6.08 Å². The molecule has 0 heterocycles. The lowest BCUT2D eigenvalue weighted by molar-refractivity contribution is -0.111. The third kappa shape index (κ3) is 4.47. The van der Waals surface area contributed by atoms with Crippen LogP contribution in [0.5, 0.6) is 11.5 Å². The Labute approximate surface area is 138 Å². The molecule has 0 aromatic heterocycles. The first kappa shape index (κ1) is 16.8. The molecule has 0 saturated carbocycles. The fraction of sp³-hybridized carbons (Fsp3) is 0.118. The largest absolute Gasteiger partial charge is 0.497 e. The maximum absolute atomic E-state index is 13.0. The maximum atomic E-state index is 13.0. The molecule has 1 amide bonds. The number of halogens is 2. The number of carbonyl (C=O) groups is 1. The van der Waals surface area contributed by atoms with E-state index in [2.05, 4.69) is 5.32 Å².